The molecule has 0 aliphatic heterocycles. The monoisotopic (exact) mass is 356 g/mol. The molecule has 0 amide bonds. The van der Waals surface area contributed by atoms with Crippen LogP contribution >= 0.6 is 11.8 Å². The van der Waals surface area contributed by atoms with Crippen LogP contribution in [-0.2, 0) is 17.8 Å². The van der Waals surface area contributed by atoms with E-state index in [1.165, 1.54) is 44.9 Å². The molecule has 0 radical (unpaired) electrons. The minimum Gasteiger partial charge on any atom is -0.481 e. The van der Waals surface area contributed by atoms with Crippen molar-refractivity contribution in [3.8, 4) is 0 Å². The van der Waals surface area contributed by atoms with Crippen molar-refractivity contribution in [2.24, 2.45) is 0 Å². The Balaban J connectivity index is 1.85. The van der Waals surface area contributed by atoms with Gasteiger partial charge in [0.2, 0.25) is 0 Å². The summed E-state index contributed by atoms with van der Waals surface area (Å²) < 4.78 is 1.90. The van der Waals surface area contributed by atoms with E-state index in [0.29, 0.717) is 0 Å². The van der Waals surface area contributed by atoms with Crippen LogP contribution in [0.5, 0.6) is 0 Å². The molecule has 6 nitrogen and oxygen atoms in total. The highest BCUT2D eigenvalue weighted by Crippen LogP contribution is 2.12. The minimum atomic E-state index is -0.692. The quantitative estimate of drug-likeness (QED) is 0.443. The number of nitrogens with zero attached hydrogens (tertiary/aromatic N) is 3. The molecule has 0 bridgehead atoms. The first-order valence-electron chi connectivity index (χ1n) is 9.05. The average molecular weight is 357 g/mol. The number of aryl methyl sites for hydroxylation is 1. The second kappa shape index (κ2) is 14.3. The van der Waals surface area contributed by atoms with Crippen molar-refractivity contribution < 1.29 is 9.90 Å². The van der Waals surface area contributed by atoms with E-state index in [0.717, 1.165) is 36.7 Å². The normalized spacial score (nSPS) is 11.0. The fourth-order valence-corrected chi connectivity index (χ4v) is 3.38. The Morgan fingerprint density at radius 3 is 2.58 bits per heavy atom. The highest BCUT2D eigenvalue weighted by molar-refractivity contribution is 7.99. The van der Waals surface area contributed by atoms with Gasteiger partial charge in [-0.25, -0.2) is 0 Å². The van der Waals surface area contributed by atoms with Gasteiger partial charge in [0.1, 0.15) is 0 Å². The van der Waals surface area contributed by atoms with E-state index in [1.807, 2.05) is 11.7 Å². The summed E-state index contributed by atoms with van der Waals surface area (Å²) in [5, 5.41) is 20.0. The van der Waals surface area contributed by atoms with Gasteiger partial charge in [0.25, 0.3) is 0 Å². The Kier molecular flexibility index (Phi) is 12.5. The van der Waals surface area contributed by atoms with Gasteiger partial charge in [-0.15, -0.1) is 5.10 Å². The van der Waals surface area contributed by atoms with Gasteiger partial charge in [-0.3, -0.25) is 9.48 Å². The molecule has 2 N–H and O–H groups in total. The molecule has 7 heteroatoms. The molecule has 0 spiro atoms. The highest BCUT2D eigenvalue weighted by atomic mass is 32.2. The molecule has 0 aliphatic rings. The van der Waals surface area contributed by atoms with Gasteiger partial charge < -0.3 is 10.4 Å². The summed E-state index contributed by atoms with van der Waals surface area (Å²) in [5.41, 5.74) is 1.10. The summed E-state index contributed by atoms with van der Waals surface area (Å²) in [5.74, 6) is 1.15. The maximum Gasteiger partial charge on any atom is 0.304 e. The van der Waals surface area contributed by atoms with Crippen molar-refractivity contribution in [1.82, 2.24) is 20.3 Å². The predicted octanol–water partition coefficient (Wildman–Crippen LogP) is 2.98. The molecule has 0 saturated heterocycles. The SMILES string of the molecule is CNCCn1cc(CCCCCCCCCSCCC(=O)O)nn1. The largest absolute Gasteiger partial charge is 0.481 e. The van der Waals surface area contributed by atoms with Crippen LogP contribution in [-0.4, -0.2) is 51.2 Å². The lowest BCUT2D eigenvalue weighted by molar-refractivity contribution is -0.136. The summed E-state index contributed by atoms with van der Waals surface area (Å²) >= 11 is 1.76. The molecule has 0 unspecified atom stereocenters. The fraction of sp³-hybridized carbons (Fsp3) is 0.824. The summed E-state index contributed by atoms with van der Waals surface area (Å²) in [7, 11) is 1.94. The molecule has 24 heavy (non-hydrogen) atoms. The van der Waals surface area contributed by atoms with Crippen LogP contribution in [0.15, 0.2) is 6.20 Å². The second-order valence-electron chi connectivity index (χ2n) is 6.06. The molecule has 0 aliphatic carbocycles. The number of carbonyl (C=O) groups is 1. The number of thioether (sulfide) groups is 1. The van der Waals surface area contributed by atoms with Crippen molar-refractivity contribution in [3.63, 3.8) is 0 Å². The number of carboxylic acids is 1. The zero-order valence-corrected chi connectivity index (χ0v) is 15.7. The van der Waals surface area contributed by atoms with E-state index in [2.05, 4.69) is 21.8 Å². The first kappa shape index (κ1) is 21.0. The number of aromatic nitrogens is 3. The van der Waals surface area contributed by atoms with Gasteiger partial charge in [0, 0.05) is 18.5 Å². The van der Waals surface area contributed by atoms with Gasteiger partial charge in [-0.05, 0) is 32.1 Å². The van der Waals surface area contributed by atoms with E-state index in [9.17, 15) is 4.79 Å². The molecular weight excluding hydrogens is 324 g/mol. The molecule has 1 rings (SSSR count). The Morgan fingerprint density at radius 1 is 1.17 bits per heavy atom. The van der Waals surface area contributed by atoms with E-state index in [4.69, 9.17) is 5.11 Å². The topological polar surface area (TPSA) is 80.0 Å². The highest BCUT2D eigenvalue weighted by Gasteiger charge is 2.01. The van der Waals surface area contributed by atoms with Crippen molar-refractivity contribution >= 4 is 17.7 Å². The fourth-order valence-electron chi connectivity index (χ4n) is 2.44. The second-order valence-corrected chi connectivity index (χ2v) is 7.28. The number of hydrogen-bond acceptors (Lipinski definition) is 5. The summed E-state index contributed by atoms with van der Waals surface area (Å²) in [4.78, 5) is 10.4. The number of carboxylic acid groups (broad SMARTS) is 1. The molecule has 0 atom stereocenters. The smallest absolute Gasteiger partial charge is 0.304 e. The van der Waals surface area contributed by atoms with E-state index < -0.39 is 5.97 Å². The average Bonchev–Trinajstić information content (AvgIpc) is 3.01. The van der Waals surface area contributed by atoms with Gasteiger partial charge in [0.05, 0.1) is 18.7 Å². The van der Waals surface area contributed by atoms with Gasteiger partial charge >= 0.3 is 5.97 Å². The maximum absolute atomic E-state index is 10.4. The van der Waals surface area contributed by atoms with E-state index >= 15 is 0 Å². The lowest BCUT2D eigenvalue weighted by Gasteiger charge is -2.02. The van der Waals surface area contributed by atoms with Crippen LogP contribution in [0.3, 0.4) is 0 Å². The van der Waals surface area contributed by atoms with Crippen LogP contribution in [0.4, 0.5) is 0 Å². The van der Waals surface area contributed by atoms with Gasteiger partial charge in [0.15, 0.2) is 0 Å². The molecule has 0 saturated carbocycles. The van der Waals surface area contributed by atoms with Crippen molar-refractivity contribution in [1.29, 1.82) is 0 Å². The van der Waals surface area contributed by atoms with Crippen LogP contribution in [0.25, 0.3) is 0 Å². The summed E-state index contributed by atoms with van der Waals surface area (Å²) in [6.45, 7) is 1.79. The van der Waals surface area contributed by atoms with Crippen molar-refractivity contribution in [3.05, 3.63) is 11.9 Å². The first-order chi connectivity index (χ1) is 11.7. The van der Waals surface area contributed by atoms with Crippen LogP contribution < -0.4 is 5.32 Å². The molecule has 138 valence electrons. The molecule has 1 aromatic rings. The molecule has 0 aromatic carbocycles. The van der Waals surface area contributed by atoms with Crippen molar-refractivity contribution in [2.45, 2.75) is 64.3 Å². The van der Waals surface area contributed by atoms with E-state index in [-0.39, 0.29) is 6.42 Å². The summed E-state index contributed by atoms with van der Waals surface area (Å²) in [6, 6.07) is 0. The zero-order valence-electron chi connectivity index (χ0n) is 14.9. The van der Waals surface area contributed by atoms with Crippen LogP contribution in [0.2, 0.25) is 0 Å². The number of nitrogens with one attached hydrogen (secondary N) is 1. The molecule has 0 fully saturated rings. The third-order valence-corrected chi connectivity index (χ3v) is 4.93. The Morgan fingerprint density at radius 2 is 1.88 bits per heavy atom. The molecular formula is C17H32N4O2S. The standard InChI is InChI=1S/C17H32N4O2S/c1-18-11-12-21-15-16(19-20-21)9-7-5-3-2-4-6-8-13-24-14-10-17(22)23/h15,18H,2-14H2,1H3,(H,22,23). The predicted molar refractivity (Wildman–Crippen MR) is 99.5 cm³/mol. The van der Waals surface area contributed by atoms with Crippen LogP contribution in [0.1, 0.15) is 57.1 Å². The Labute approximate surface area is 149 Å². The number of likely N-dealkylation sites (N-methyl/N-ethyl adjacent to an activating group) is 1. The van der Waals surface area contributed by atoms with Crippen molar-refractivity contribution in [2.75, 3.05) is 25.1 Å². The third kappa shape index (κ3) is 11.5. The number of rotatable bonds is 16. The molecule has 1 heterocycles. The number of hydrogen-bond donors (Lipinski definition) is 2. The lowest BCUT2D eigenvalue weighted by atomic mass is 10.1. The zero-order chi connectivity index (χ0) is 17.5. The molecule has 1 aromatic heterocycles. The first-order valence-corrected chi connectivity index (χ1v) is 10.2. The van der Waals surface area contributed by atoms with Crippen LogP contribution in [0, 0.1) is 0 Å². The third-order valence-electron chi connectivity index (χ3n) is 3.86. The lowest BCUT2D eigenvalue weighted by Crippen LogP contribution is -2.15. The summed E-state index contributed by atoms with van der Waals surface area (Å²) in [6.07, 6.45) is 12.2. The Hall–Kier alpha value is -1.08. The maximum atomic E-state index is 10.4. The van der Waals surface area contributed by atoms with Gasteiger partial charge in [-0.1, -0.05) is 37.3 Å². The minimum absolute atomic E-state index is 0.286. The number of aliphatic carboxylic acids is 1. The van der Waals surface area contributed by atoms with E-state index in [1.54, 1.807) is 11.8 Å². The number of unbranched alkanes of at least 4 members (excludes halogenated alkanes) is 6. The van der Waals surface area contributed by atoms with Gasteiger partial charge in [-0.2, -0.15) is 11.8 Å². The Bertz CT molecular complexity index is 440.